The van der Waals surface area contributed by atoms with Crippen LogP contribution in [0.4, 0.5) is 5.69 Å². The van der Waals surface area contributed by atoms with Crippen LogP contribution in [0.1, 0.15) is 18.7 Å². The quantitative estimate of drug-likeness (QED) is 0.587. The van der Waals surface area contributed by atoms with Crippen molar-refractivity contribution in [1.82, 2.24) is 24.9 Å². The smallest absolute Gasteiger partial charge is 0.246 e. The maximum Gasteiger partial charge on any atom is 0.246 e. The Hall–Kier alpha value is -2.81. The second-order valence-corrected chi connectivity index (χ2v) is 7.03. The fourth-order valence-electron chi connectivity index (χ4n) is 3.26. The van der Waals surface area contributed by atoms with Crippen LogP contribution in [-0.4, -0.2) is 78.3 Å². The van der Waals surface area contributed by atoms with Gasteiger partial charge in [0.1, 0.15) is 12.3 Å². The molecule has 2 aromatic heterocycles. The molecule has 1 saturated heterocycles. The van der Waals surface area contributed by atoms with Crippen LogP contribution >= 0.6 is 0 Å². The largest absolute Gasteiger partial charge is 0.468 e. The molecule has 152 valence electrons. The zero-order valence-electron chi connectivity index (χ0n) is 17.0. The molecule has 0 bridgehead atoms. The Bertz CT molecular complexity index is 797. The highest BCUT2D eigenvalue weighted by Gasteiger charge is 2.28. The number of likely N-dealkylation sites (N-methyl/N-ethyl adjacent to an activating group) is 1. The number of guanidine groups is 1. The van der Waals surface area contributed by atoms with Crippen LogP contribution in [-0.2, 0) is 11.8 Å². The summed E-state index contributed by atoms with van der Waals surface area (Å²) in [7, 11) is 5.86. The van der Waals surface area contributed by atoms with Gasteiger partial charge in [-0.1, -0.05) is 0 Å². The van der Waals surface area contributed by atoms with E-state index in [1.165, 1.54) is 0 Å². The summed E-state index contributed by atoms with van der Waals surface area (Å²) in [5, 5.41) is 7.47. The molecule has 9 heteroatoms. The van der Waals surface area contributed by atoms with Crippen molar-refractivity contribution >= 4 is 17.6 Å². The van der Waals surface area contributed by atoms with Gasteiger partial charge in [-0.15, -0.1) is 0 Å². The Labute approximate surface area is 165 Å². The topological polar surface area (TPSA) is 82.1 Å². The van der Waals surface area contributed by atoms with E-state index in [2.05, 4.69) is 15.3 Å². The first kappa shape index (κ1) is 19.9. The highest BCUT2D eigenvalue weighted by Crippen LogP contribution is 2.20. The summed E-state index contributed by atoms with van der Waals surface area (Å²) < 4.78 is 7.27. The molecule has 3 rings (SSSR count). The van der Waals surface area contributed by atoms with Crippen LogP contribution < -0.4 is 10.2 Å². The lowest BCUT2D eigenvalue weighted by Gasteiger charge is -2.35. The summed E-state index contributed by atoms with van der Waals surface area (Å²) in [5.41, 5.74) is 0.833. The summed E-state index contributed by atoms with van der Waals surface area (Å²) in [6.45, 7) is 4.90. The van der Waals surface area contributed by atoms with E-state index in [-0.39, 0.29) is 18.5 Å². The number of piperazine rings is 1. The molecule has 0 spiro atoms. The Morgan fingerprint density at radius 3 is 2.82 bits per heavy atom. The Morgan fingerprint density at radius 2 is 2.25 bits per heavy atom. The number of carbonyl (C=O) groups is 1. The Kier molecular flexibility index (Phi) is 6.35. The molecule has 3 heterocycles. The SMILES string of the molecule is CCNC(=NCC(c1ccco1)N(C)C)N1CCN(c2cnn(C)c2)C(=O)C1. The molecule has 1 atom stereocenters. The van der Waals surface area contributed by atoms with Crippen LogP contribution in [0.25, 0.3) is 0 Å². The molecule has 0 saturated carbocycles. The number of hydrogen-bond acceptors (Lipinski definition) is 5. The van der Waals surface area contributed by atoms with E-state index < -0.39 is 0 Å². The predicted octanol–water partition coefficient (Wildman–Crippen LogP) is 0.930. The van der Waals surface area contributed by atoms with Crippen LogP contribution in [0.3, 0.4) is 0 Å². The molecule has 9 nitrogen and oxygen atoms in total. The molecule has 0 aliphatic carbocycles. The molecule has 2 aromatic rings. The van der Waals surface area contributed by atoms with Crippen LogP contribution in [0, 0.1) is 0 Å². The van der Waals surface area contributed by atoms with Gasteiger partial charge in [0.05, 0.1) is 30.7 Å². The number of nitrogens with one attached hydrogen (secondary N) is 1. The first-order valence-electron chi connectivity index (χ1n) is 9.51. The molecule has 1 unspecified atom stereocenters. The van der Waals surface area contributed by atoms with Crippen LogP contribution in [0.2, 0.25) is 0 Å². The van der Waals surface area contributed by atoms with E-state index in [4.69, 9.17) is 9.41 Å². The third kappa shape index (κ3) is 4.53. The fourth-order valence-corrected chi connectivity index (χ4v) is 3.26. The second-order valence-electron chi connectivity index (χ2n) is 7.03. The average Bonchev–Trinajstić information content (AvgIpc) is 3.33. The summed E-state index contributed by atoms with van der Waals surface area (Å²) in [5.74, 6) is 1.67. The van der Waals surface area contributed by atoms with Crippen LogP contribution in [0.15, 0.2) is 40.2 Å². The average molecular weight is 387 g/mol. The molecular weight excluding hydrogens is 358 g/mol. The summed E-state index contributed by atoms with van der Waals surface area (Å²) in [6, 6.07) is 3.89. The van der Waals surface area contributed by atoms with Crippen molar-refractivity contribution < 1.29 is 9.21 Å². The molecule has 28 heavy (non-hydrogen) atoms. The minimum atomic E-state index is 0.0380. The Morgan fingerprint density at radius 1 is 1.43 bits per heavy atom. The van der Waals surface area contributed by atoms with Gasteiger partial charge in [0, 0.05) is 32.9 Å². The molecule has 1 amide bonds. The molecule has 1 aliphatic rings. The van der Waals surface area contributed by atoms with E-state index in [0.29, 0.717) is 19.6 Å². The molecule has 1 N–H and O–H groups in total. The number of amides is 1. The van der Waals surface area contributed by atoms with Gasteiger partial charge >= 0.3 is 0 Å². The van der Waals surface area contributed by atoms with Crippen molar-refractivity contribution in [1.29, 1.82) is 0 Å². The third-order valence-corrected chi connectivity index (χ3v) is 4.77. The van der Waals surface area contributed by atoms with E-state index in [9.17, 15) is 4.79 Å². The highest BCUT2D eigenvalue weighted by atomic mass is 16.3. The van der Waals surface area contributed by atoms with Gasteiger partial charge in [-0.25, -0.2) is 0 Å². The van der Waals surface area contributed by atoms with Gasteiger partial charge in [0.25, 0.3) is 0 Å². The molecular formula is C19H29N7O2. The van der Waals surface area contributed by atoms with Crippen LogP contribution in [0.5, 0.6) is 0 Å². The van der Waals surface area contributed by atoms with Crippen molar-refractivity contribution in [3.63, 3.8) is 0 Å². The van der Waals surface area contributed by atoms with Gasteiger partial charge < -0.3 is 19.5 Å². The summed E-state index contributed by atoms with van der Waals surface area (Å²) >= 11 is 0. The number of rotatable bonds is 6. The number of aryl methyl sites for hydroxylation is 1. The number of anilines is 1. The fraction of sp³-hybridized carbons (Fsp3) is 0.526. The van der Waals surface area contributed by atoms with Crippen molar-refractivity contribution in [3.05, 3.63) is 36.5 Å². The number of hydrogen-bond donors (Lipinski definition) is 1. The van der Waals surface area contributed by atoms with Crippen molar-refractivity contribution in [2.24, 2.45) is 12.0 Å². The maximum absolute atomic E-state index is 12.7. The van der Waals surface area contributed by atoms with Crippen molar-refractivity contribution in [3.8, 4) is 0 Å². The number of furan rings is 1. The van der Waals surface area contributed by atoms with Gasteiger partial charge in [0.2, 0.25) is 5.91 Å². The summed E-state index contributed by atoms with van der Waals surface area (Å²) in [6.07, 6.45) is 5.26. The number of aromatic nitrogens is 2. The lowest BCUT2D eigenvalue weighted by Crippen LogP contribution is -2.55. The van der Waals surface area contributed by atoms with Crippen molar-refractivity contribution in [2.75, 3.05) is 51.7 Å². The first-order chi connectivity index (χ1) is 13.5. The zero-order valence-corrected chi connectivity index (χ0v) is 17.0. The standard InChI is InChI=1S/C19H29N7O2/c1-5-20-19(21-12-16(23(2)3)17-7-6-10-28-17)25-8-9-26(18(27)14-25)15-11-22-24(4)13-15/h6-7,10-11,13,16H,5,8-9,12,14H2,1-4H3,(H,20,21). The van der Waals surface area contributed by atoms with Gasteiger partial charge in [-0.05, 0) is 33.2 Å². The maximum atomic E-state index is 12.7. The molecule has 0 radical (unpaired) electrons. The normalized spacial score (nSPS) is 16.8. The molecule has 1 aliphatic heterocycles. The molecule has 0 aromatic carbocycles. The van der Waals surface area contributed by atoms with E-state index >= 15 is 0 Å². The highest BCUT2D eigenvalue weighted by molar-refractivity contribution is 5.98. The number of carbonyl (C=O) groups excluding carboxylic acids is 1. The molecule has 1 fully saturated rings. The first-order valence-corrected chi connectivity index (χ1v) is 9.51. The summed E-state index contributed by atoms with van der Waals surface area (Å²) in [4.78, 5) is 23.4. The zero-order chi connectivity index (χ0) is 20.1. The van der Waals surface area contributed by atoms with E-state index in [0.717, 1.165) is 24.0 Å². The Balaban J connectivity index is 1.70. The van der Waals surface area contributed by atoms with E-state index in [1.54, 1.807) is 22.0 Å². The number of nitrogens with zero attached hydrogens (tertiary/aromatic N) is 6. The number of aliphatic imine (C=N–C) groups is 1. The third-order valence-electron chi connectivity index (χ3n) is 4.77. The van der Waals surface area contributed by atoms with Crippen molar-refractivity contribution in [2.45, 2.75) is 13.0 Å². The lowest BCUT2D eigenvalue weighted by atomic mass is 10.2. The second kappa shape index (κ2) is 8.92. The van der Waals surface area contributed by atoms with Gasteiger partial charge in [-0.2, -0.15) is 5.10 Å². The predicted molar refractivity (Wildman–Crippen MR) is 108 cm³/mol. The monoisotopic (exact) mass is 387 g/mol. The minimum Gasteiger partial charge on any atom is -0.468 e. The minimum absolute atomic E-state index is 0.0380. The van der Waals surface area contributed by atoms with E-state index in [1.807, 2.05) is 51.3 Å². The van der Waals surface area contributed by atoms with Gasteiger partial charge in [-0.3, -0.25) is 19.4 Å². The van der Waals surface area contributed by atoms with Gasteiger partial charge in [0.15, 0.2) is 5.96 Å². The lowest BCUT2D eigenvalue weighted by molar-refractivity contribution is -0.120.